The number of halogens is 1. The third-order valence-corrected chi connectivity index (χ3v) is 5.11. The van der Waals surface area contributed by atoms with Crippen LogP contribution in [-0.4, -0.2) is 32.6 Å². The third kappa shape index (κ3) is 4.03. The Morgan fingerprint density at radius 1 is 1.15 bits per heavy atom. The maximum absolute atomic E-state index is 12.7. The van der Waals surface area contributed by atoms with Crippen molar-refractivity contribution in [2.24, 2.45) is 0 Å². The molecule has 0 unspecified atom stereocenters. The Balaban J connectivity index is 1.74. The van der Waals surface area contributed by atoms with Gasteiger partial charge in [0.05, 0.1) is 22.6 Å². The fourth-order valence-corrected chi connectivity index (χ4v) is 3.10. The lowest BCUT2D eigenvalue weighted by atomic mass is 10.1. The number of aryl methyl sites for hydroxylation is 2. The highest BCUT2D eigenvalue weighted by molar-refractivity contribution is 6.31. The van der Waals surface area contributed by atoms with Gasteiger partial charge in [-0.05, 0) is 45.0 Å². The summed E-state index contributed by atoms with van der Waals surface area (Å²) < 4.78 is 1.93. The van der Waals surface area contributed by atoms with Crippen LogP contribution in [0.15, 0.2) is 42.6 Å². The molecule has 0 atom stereocenters. The van der Waals surface area contributed by atoms with Crippen LogP contribution in [0.4, 0.5) is 0 Å². The molecule has 140 valence electrons. The van der Waals surface area contributed by atoms with Crippen molar-refractivity contribution >= 4 is 17.5 Å². The lowest BCUT2D eigenvalue weighted by molar-refractivity contribution is 0.0785. The van der Waals surface area contributed by atoms with E-state index in [-0.39, 0.29) is 5.91 Å². The lowest BCUT2D eigenvalue weighted by Gasteiger charge is -2.17. The second-order valence-electron chi connectivity index (χ2n) is 6.57. The molecule has 1 aromatic carbocycles. The zero-order valence-corrected chi connectivity index (χ0v) is 16.8. The maximum atomic E-state index is 12.7. The van der Waals surface area contributed by atoms with Gasteiger partial charge in [-0.15, -0.1) is 0 Å². The summed E-state index contributed by atoms with van der Waals surface area (Å²) in [6.07, 6.45) is 1.83. The average Bonchev–Trinajstić information content (AvgIpc) is 3.03. The molecule has 3 aromatic rings. The molecule has 0 saturated heterocycles. The van der Waals surface area contributed by atoms with Gasteiger partial charge in [-0.3, -0.25) is 14.5 Å². The zero-order chi connectivity index (χ0) is 19.6. The summed E-state index contributed by atoms with van der Waals surface area (Å²) in [5.74, 6) is -0.0227. The van der Waals surface area contributed by atoms with Crippen LogP contribution in [0, 0.1) is 13.8 Å². The summed E-state index contributed by atoms with van der Waals surface area (Å²) in [4.78, 5) is 19.0. The SMILES string of the molecule is CCn1ncc(CN(C)C(=O)c2ccc(-c3ccc(Cl)c(C)n3)cc2)c1C. The summed E-state index contributed by atoms with van der Waals surface area (Å²) in [5.41, 5.74) is 5.38. The van der Waals surface area contributed by atoms with Gasteiger partial charge in [-0.25, -0.2) is 0 Å². The van der Waals surface area contributed by atoms with E-state index in [2.05, 4.69) is 17.0 Å². The second-order valence-corrected chi connectivity index (χ2v) is 6.98. The number of aromatic nitrogens is 3. The standard InChI is InChI=1S/C21H23ClN4O/c1-5-26-15(3)18(12-23-26)13-25(4)21(27)17-8-6-16(7-9-17)20-11-10-19(22)14(2)24-20/h6-12H,5,13H2,1-4H3. The molecule has 5 nitrogen and oxygen atoms in total. The molecule has 3 rings (SSSR count). The molecular formula is C21H23ClN4O. The van der Waals surface area contributed by atoms with Crippen molar-refractivity contribution in [2.75, 3.05) is 7.05 Å². The Morgan fingerprint density at radius 3 is 2.44 bits per heavy atom. The molecule has 27 heavy (non-hydrogen) atoms. The van der Waals surface area contributed by atoms with E-state index in [4.69, 9.17) is 11.6 Å². The van der Waals surface area contributed by atoms with E-state index in [1.54, 1.807) is 4.90 Å². The number of rotatable bonds is 5. The number of hydrogen-bond acceptors (Lipinski definition) is 3. The van der Waals surface area contributed by atoms with Crippen LogP contribution >= 0.6 is 11.6 Å². The van der Waals surface area contributed by atoms with Gasteiger partial charge in [0.2, 0.25) is 0 Å². The van der Waals surface area contributed by atoms with E-state index >= 15 is 0 Å². The van der Waals surface area contributed by atoms with Crippen LogP contribution in [0.1, 0.15) is 34.2 Å². The van der Waals surface area contributed by atoms with E-state index in [0.717, 1.165) is 34.8 Å². The Kier molecular flexibility index (Phi) is 5.61. The highest BCUT2D eigenvalue weighted by atomic mass is 35.5. The maximum Gasteiger partial charge on any atom is 0.253 e. The number of amides is 1. The molecule has 1 amide bonds. The topological polar surface area (TPSA) is 51.0 Å². The quantitative estimate of drug-likeness (QED) is 0.652. The van der Waals surface area contributed by atoms with Crippen LogP contribution in [0.3, 0.4) is 0 Å². The molecule has 0 N–H and O–H groups in total. The lowest BCUT2D eigenvalue weighted by Crippen LogP contribution is -2.26. The van der Waals surface area contributed by atoms with E-state index in [1.165, 1.54) is 0 Å². The molecule has 0 aliphatic heterocycles. The fraction of sp³-hybridized carbons (Fsp3) is 0.286. The zero-order valence-electron chi connectivity index (χ0n) is 16.0. The molecule has 0 saturated carbocycles. The molecule has 0 fully saturated rings. The Labute approximate surface area is 164 Å². The first-order valence-corrected chi connectivity index (χ1v) is 9.28. The van der Waals surface area contributed by atoms with Gasteiger partial charge < -0.3 is 4.90 Å². The van der Waals surface area contributed by atoms with E-state index in [0.29, 0.717) is 17.1 Å². The minimum absolute atomic E-state index is 0.0227. The minimum Gasteiger partial charge on any atom is -0.337 e. The molecule has 6 heteroatoms. The number of carbonyl (C=O) groups excluding carboxylic acids is 1. The van der Waals surface area contributed by atoms with Gasteiger partial charge in [0.15, 0.2) is 0 Å². The summed E-state index contributed by atoms with van der Waals surface area (Å²) in [5, 5.41) is 4.99. The predicted octanol–water partition coefficient (Wildman–Crippen LogP) is 4.51. The molecule has 0 radical (unpaired) electrons. The molecular weight excluding hydrogens is 360 g/mol. The fourth-order valence-electron chi connectivity index (χ4n) is 3.00. The normalized spacial score (nSPS) is 10.9. The predicted molar refractivity (Wildman–Crippen MR) is 108 cm³/mol. The van der Waals surface area contributed by atoms with Gasteiger partial charge in [0, 0.05) is 42.5 Å². The van der Waals surface area contributed by atoms with Crippen molar-refractivity contribution in [2.45, 2.75) is 33.9 Å². The van der Waals surface area contributed by atoms with Crippen LogP contribution in [0.5, 0.6) is 0 Å². The summed E-state index contributed by atoms with van der Waals surface area (Å²) in [6, 6.07) is 11.2. The molecule has 2 heterocycles. The van der Waals surface area contributed by atoms with E-state index in [9.17, 15) is 4.79 Å². The summed E-state index contributed by atoms with van der Waals surface area (Å²) in [7, 11) is 1.81. The number of benzene rings is 1. The van der Waals surface area contributed by atoms with Gasteiger partial charge in [-0.1, -0.05) is 23.7 Å². The average molecular weight is 383 g/mol. The van der Waals surface area contributed by atoms with Gasteiger partial charge in [0.1, 0.15) is 0 Å². The Bertz CT molecular complexity index is 963. The summed E-state index contributed by atoms with van der Waals surface area (Å²) in [6.45, 7) is 7.31. The first-order valence-electron chi connectivity index (χ1n) is 8.91. The van der Waals surface area contributed by atoms with Crippen LogP contribution < -0.4 is 0 Å². The van der Waals surface area contributed by atoms with Crippen LogP contribution in [-0.2, 0) is 13.1 Å². The van der Waals surface area contributed by atoms with Gasteiger partial charge in [0.25, 0.3) is 5.91 Å². The van der Waals surface area contributed by atoms with Gasteiger partial charge in [-0.2, -0.15) is 5.10 Å². The van der Waals surface area contributed by atoms with E-state index < -0.39 is 0 Å². The molecule has 0 spiro atoms. The molecule has 0 bridgehead atoms. The molecule has 0 aliphatic carbocycles. The van der Waals surface area contributed by atoms with Crippen molar-refractivity contribution in [1.29, 1.82) is 0 Å². The van der Waals surface area contributed by atoms with Gasteiger partial charge >= 0.3 is 0 Å². The number of pyridine rings is 1. The molecule has 2 aromatic heterocycles. The van der Waals surface area contributed by atoms with Crippen LogP contribution in [0.2, 0.25) is 5.02 Å². The number of nitrogens with zero attached hydrogens (tertiary/aromatic N) is 4. The van der Waals surface area contributed by atoms with Crippen molar-refractivity contribution in [3.63, 3.8) is 0 Å². The van der Waals surface area contributed by atoms with Crippen molar-refractivity contribution < 1.29 is 4.79 Å². The van der Waals surface area contributed by atoms with Crippen LogP contribution in [0.25, 0.3) is 11.3 Å². The first kappa shape index (κ1) is 19.1. The van der Waals surface area contributed by atoms with Crippen molar-refractivity contribution in [3.05, 3.63) is 70.1 Å². The Hall–Kier alpha value is -2.66. The number of hydrogen-bond donors (Lipinski definition) is 0. The van der Waals surface area contributed by atoms with Crippen molar-refractivity contribution in [1.82, 2.24) is 19.7 Å². The summed E-state index contributed by atoms with van der Waals surface area (Å²) >= 11 is 6.04. The largest absolute Gasteiger partial charge is 0.337 e. The minimum atomic E-state index is -0.0227. The molecule has 0 aliphatic rings. The third-order valence-electron chi connectivity index (χ3n) is 4.71. The highest BCUT2D eigenvalue weighted by Crippen LogP contribution is 2.22. The first-order chi connectivity index (χ1) is 12.9. The Morgan fingerprint density at radius 2 is 1.85 bits per heavy atom. The van der Waals surface area contributed by atoms with Crippen molar-refractivity contribution in [3.8, 4) is 11.3 Å². The second kappa shape index (κ2) is 7.92. The number of carbonyl (C=O) groups is 1. The smallest absolute Gasteiger partial charge is 0.253 e. The van der Waals surface area contributed by atoms with E-state index in [1.807, 2.05) is 68.2 Å². The highest BCUT2D eigenvalue weighted by Gasteiger charge is 2.15. The monoisotopic (exact) mass is 382 g/mol.